The molecule has 0 radical (unpaired) electrons. The lowest BCUT2D eigenvalue weighted by Gasteiger charge is -2.12. The highest BCUT2D eigenvalue weighted by Crippen LogP contribution is 2.20. The molecule has 0 fully saturated rings. The van der Waals surface area contributed by atoms with Gasteiger partial charge in [0.05, 0.1) is 0 Å². The van der Waals surface area contributed by atoms with Gasteiger partial charge in [-0.05, 0) is 54.8 Å². The Bertz CT molecular complexity index is 979. The molecule has 29 heavy (non-hydrogen) atoms. The Balaban J connectivity index is 1.58. The van der Waals surface area contributed by atoms with Gasteiger partial charge in [-0.2, -0.15) is 0 Å². The summed E-state index contributed by atoms with van der Waals surface area (Å²) in [6.45, 7) is 3.86. The Hall–Kier alpha value is -3.60. The van der Waals surface area contributed by atoms with Crippen LogP contribution in [0.5, 0.6) is 5.75 Å². The van der Waals surface area contributed by atoms with E-state index in [1.807, 2.05) is 62.4 Å². The van der Waals surface area contributed by atoms with Crippen molar-refractivity contribution in [1.82, 2.24) is 0 Å². The van der Waals surface area contributed by atoms with Gasteiger partial charge in [0.2, 0.25) is 0 Å². The van der Waals surface area contributed by atoms with Gasteiger partial charge in [-0.15, -0.1) is 0 Å². The highest BCUT2D eigenvalue weighted by Gasteiger charge is 2.15. The van der Waals surface area contributed by atoms with E-state index < -0.39 is 11.9 Å². The van der Waals surface area contributed by atoms with E-state index in [0.717, 1.165) is 16.7 Å². The van der Waals surface area contributed by atoms with Gasteiger partial charge in [0.15, 0.2) is 6.61 Å². The van der Waals surface area contributed by atoms with E-state index in [0.29, 0.717) is 18.0 Å². The predicted molar refractivity (Wildman–Crippen MR) is 112 cm³/mol. The van der Waals surface area contributed by atoms with Gasteiger partial charge in [0.1, 0.15) is 17.9 Å². The lowest BCUT2D eigenvalue weighted by molar-refractivity contribution is -0.119. The minimum absolute atomic E-state index is 0.280. The van der Waals surface area contributed by atoms with Crippen molar-refractivity contribution in [1.29, 1.82) is 0 Å². The molecular weight excluding hydrogens is 366 g/mol. The zero-order valence-corrected chi connectivity index (χ0v) is 16.5. The monoisotopic (exact) mass is 389 g/mol. The summed E-state index contributed by atoms with van der Waals surface area (Å²) in [5.41, 5.74) is 4.03. The zero-order valence-electron chi connectivity index (χ0n) is 16.5. The zero-order chi connectivity index (χ0) is 20.6. The van der Waals surface area contributed by atoms with Crippen LogP contribution in [0.1, 0.15) is 27.0 Å². The molecule has 0 aliphatic heterocycles. The first-order valence-corrected chi connectivity index (χ1v) is 9.32. The van der Waals surface area contributed by atoms with Gasteiger partial charge in [-0.3, -0.25) is 4.79 Å². The molecule has 0 atom stereocenters. The highest BCUT2D eigenvalue weighted by molar-refractivity contribution is 5.96. The molecule has 0 bridgehead atoms. The fraction of sp³-hybridized carbons (Fsp3) is 0.167. The van der Waals surface area contributed by atoms with Crippen LogP contribution in [0.25, 0.3) is 0 Å². The minimum Gasteiger partial charge on any atom is -0.488 e. The topological polar surface area (TPSA) is 64.6 Å². The number of carbonyl (C=O) groups excluding carboxylic acids is 2. The van der Waals surface area contributed by atoms with Crippen molar-refractivity contribution < 1.29 is 19.1 Å². The van der Waals surface area contributed by atoms with E-state index in [1.165, 1.54) is 0 Å². The molecule has 1 amide bonds. The minimum atomic E-state index is -0.607. The summed E-state index contributed by atoms with van der Waals surface area (Å²) in [5.74, 6) is -0.591. The van der Waals surface area contributed by atoms with E-state index in [2.05, 4.69) is 5.32 Å². The number of amides is 1. The van der Waals surface area contributed by atoms with Crippen LogP contribution in [-0.4, -0.2) is 18.5 Å². The SMILES string of the molecule is Cc1cc(C)cc(NC(=O)COC(=O)c2ccccc2OCc2ccccc2)c1. The molecule has 0 spiro atoms. The second-order valence-electron chi connectivity index (χ2n) is 6.77. The number of aryl methyl sites for hydroxylation is 2. The summed E-state index contributed by atoms with van der Waals surface area (Å²) >= 11 is 0. The number of carbonyl (C=O) groups is 2. The summed E-state index contributed by atoms with van der Waals surface area (Å²) in [5, 5.41) is 2.74. The van der Waals surface area contributed by atoms with Gasteiger partial charge < -0.3 is 14.8 Å². The van der Waals surface area contributed by atoms with Crippen molar-refractivity contribution >= 4 is 17.6 Å². The van der Waals surface area contributed by atoms with Crippen LogP contribution in [-0.2, 0) is 16.1 Å². The van der Waals surface area contributed by atoms with Crippen molar-refractivity contribution in [2.75, 3.05) is 11.9 Å². The number of anilines is 1. The lowest BCUT2D eigenvalue weighted by Crippen LogP contribution is -2.21. The van der Waals surface area contributed by atoms with E-state index in [9.17, 15) is 9.59 Å². The van der Waals surface area contributed by atoms with Crippen molar-refractivity contribution in [3.05, 3.63) is 95.1 Å². The number of benzene rings is 3. The van der Waals surface area contributed by atoms with Gasteiger partial charge in [-0.1, -0.05) is 48.5 Å². The molecule has 0 saturated heterocycles. The number of nitrogens with one attached hydrogen (secondary N) is 1. The molecule has 0 aliphatic carbocycles. The lowest BCUT2D eigenvalue weighted by atomic mass is 10.1. The first-order valence-electron chi connectivity index (χ1n) is 9.32. The van der Waals surface area contributed by atoms with Crippen LogP contribution in [0.3, 0.4) is 0 Å². The van der Waals surface area contributed by atoms with Crippen molar-refractivity contribution in [2.24, 2.45) is 0 Å². The van der Waals surface area contributed by atoms with Crippen LogP contribution >= 0.6 is 0 Å². The molecule has 1 N–H and O–H groups in total. The van der Waals surface area contributed by atoms with Crippen molar-refractivity contribution in [2.45, 2.75) is 20.5 Å². The highest BCUT2D eigenvalue weighted by atomic mass is 16.5. The third-order valence-corrected chi connectivity index (χ3v) is 4.18. The van der Waals surface area contributed by atoms with Crippen LogP contribution < -0.4 is 10.1 Å². The number of hydrogen-bond donors (Lipinski definition) is 1. The summed E-state index contributed by atoms with van der Waals surface area (Å²) in [7, 11) is 0. The number of ether oxygens (including phenoxy) is 2. The number of rotatable bonds is 7. The number of hydrogen-bond acceptors (Lipinski definition) is 4. The van der Waals surface area contributed by atoms with Crippen molar-refractivity contribution in [3.63, 3.8) is 0 Å². The molecule has 0 aliphatic rings. The molecule has 5 nitrogen and oxygen atoms in total. The van der Waals surface area contributed by atoms with E-state index in [1.54, 1.807) is 24.3 Å². The third kappa shape index (κ3) is 5.94. The number of esters is 1. The second kappa shape index (κ2) is 9.55. The Labute approximate surface area is 170 Å². The maximum atomic E-state index is 12.5. The Kier molecular flexibility index (Phi) is 6.63. The molecule has 0 aromatic heterocycles. The summed E-state index contributed by atoms with van der Waals surface area (Å²) < 4.78 is 11.0. The molecule has 0 unspecified atom stereocenters. The van der Waals surface area contributed by atoms with E-state index in [4.69, 9.17) is 9.47 Å². The van der Waals surface area contributed by atoms with Crippen LogP contribution in [0.15, 0.2) is 72.8 Å². The molecule has 0 heterocycles. The standard InChI is InChI=1S/C24H23NO4/c1-17-12-18(2)14-20(13-17)25-23(26)16-29-24(27)21-10-6-7-11-22(21)28-15-19-8-4-3-5-9-19/h3-14H,15-16H2,1-2H3,(H,25,26). The van der Waals surface area contributed by atoms with Gasteiger partial charge in [0, 0.05) is 5.69 Å². The van der Waals surface area contributed by atoms with Crippen LogP contribution in [0.2, 0.25) is 0 Å². The second-order valence-corrected chi connectivity index (χ2v) is 6.77. The predicted octanol–water partition coefficient (Wildman–Crippen LogP) is 4.68. The molecule has 0 saturated carbocycles. The van der Waals surface area contributed by atoms with Crippen LogP contribution in [0, 0.1) is 13.8 Å². The third-order valence-electron chi connectivity index (χ3n) is 4.18. The average molecular weight is 389 g/mol. The van der Waals surface area contributed by atoms with E-state index in [-0.39, 0.29) is 12.2 Å². The largest absolute Gasteiger partial charge is 0.488 e. The maximum Gasteiger partial charge on any atom is 0.342 e. The Morgan fingerprint density at radius 3 is 2.24 bits per heavy atom. The fourth-order valence-corrected chi connectivity index (χ4v) is 2.95. The van der Waals surface area contributed by atoms with Crippen LogP contribution in [0.4, 0.5) is 5.69 Å². The summed E-state index contributed by atoms with van der Waals surface area (Å²) in [6.07, 6.45) is 0. The maximum absolute atomic E-state index is 12.5. The quantitative estimate of drug-likeness (QED) is 0.596. The fourth-order valence-electron chi connectivity index (χ4n) is 2.95. The summed E-state index contributed by atoms with van der Waals surface area (Å²) in [4.78, 5) is 24.6. The average Bonchev–Trinajstić information content (AvgIpc) is 2.71. The molecular formula is C24H23NO4. The molecule has 3 aromatic carbocycles. The molecule has 5 heteroatoms. The normalized spacial score (nSPS) is 10.3. The summed E-state index contributed by atoms with van der Waals surface area (Å²) in [6, 6.07) is 22.2. The smallest absolute Gasteiger partial charge is 0.342 e. The van der Waals surface area contributed by atoms with Crippen molar-refractivity contribution in [3.8, 4) is 5.75 Å². The van der Waals surface area contributed by atoms with Gasteiger partial charge in [0.25, 0.3) is 5.91 Å². The first kappa shape index (κ1) is 20.1. The Morgan fingerprint density at radius 1 is 0.862 bits per heavy atom. The van der Waals surface area contributed by atoms with E-state index >= 15 is 0 Å². The Morgan fingerprint density at radius 2 is 1.52 bits per heavy atom. The van der Waals surface area contributed by atoms with Gasteiger partial charge >= 0.3 is 5.97 Å². The molecule has 3 aromatic rings. The molecule has 3 rings (SSSR count). The molecule has 148 valence electrons. The first-order chi connectivity index (χ1) is 14.0. The number of para-hydroxylation sites is 1. The van der Waals surface area contributed by atoms with Gasteiger partial charge in [-0.25, -0.2) is 4.79 Å².